The lowest BCUT2D eigenvalue weighted by Gasteiger charge is -2.12. The Morgan fingerprint density at radius 1 is 1.17 bits per heavy atom. The van der Waals surface area contributed by atoms with Crippen LogP contribution in [0.25, 0.3) is 23.1 Å². The molecule has 0 saturated carbocycles. The monoisotopic (exact) mass is 324 g/mol. The van der Waals surface area contributed by atoms with Crippen LogP contribution in [0.3, 0.4) is 0 Å². The van der Waals surface area contributed by atoms with Crippen LogP contribution in [0.5, 0.6) is 5.75 Å². The number of aromatic nitrogens is 4. The highest BCUT2D eigenvalue weighted by Crippen LogP contribution is 2.25. The van der Waals surface area contributed by atoms with Crippen molar-refractivity contribution in [3.63, 3.8) is 0 Å². The van der Waals surface area contributed by atoms with Crippen LogP contribution < -0.4 is 4.74 Å². The van der Waals surface area contributed by atoms with E-state index in [4.69, 9.17) is 14.0 Å². The van der Waals surface area contributed by atoms with Gasteiger partial charge in [0.1, 0.15) is 23.2 Å². The predicted octanol–water partition coefficient (Wildman–Crippen LogP) is 2.67. The molecule has 4 rings (SSSR count). The molecular formula is C17H16N4O3. The first kappa shape index (κ1) is 14.8. The summed E-state index contributed by atoms with van der Waals surface area (Å²) >= 11 is 0. The minimum Gasteiger partial charge on any atom is -0.488 e. The van der Waals surface area contributed by atoms with E-state index in [1.165, 1.54) is 0 Å². The van der Waals surface area contributed by atoms with Crippen LogP contribution in [0, 0.1) is 6.92 Å². The van der Waals surface area contributed by atoms with E-state index in [0.29, 0.717) is 29.7 Å². The fraction of sp³-hybridized carbons (Fsp3) is 0.294. The maximum atomic E-state index is 5.95. The van der Waals surface area contributed by atoms with Crippen molar-refractivity contribution in [3.8, 4) is 28.9 Å². The van der Waals surface area contributed by atoms with Crippen LogP contribution in [0.15, 0.2) is 41.1 Å². The smallest absolute Gasteiger partial charge is 0.276 e. The van der Waals surface area contributed by atoms with Gasteiger partial charge >= 0.3 is 0 Å². The third-order valence-corrected chi connectivity index (χ3v) is 3.66. The zero-order valence-corrected chi connectivity index (χ0v) is 13.2. The minimum atomic E-state index is 0.0778. The van der Waals surface area contributed by atoms with Gasteiger partial charge in [-0.2, -0.15) is 4.98 Å². The lowest BCUT2D eigenvalue weighted by molar-refractivity contribution is 0.141. The molecule has 1 aliphatic heterocycles. The molecule has 1 aliphatic rings. The van der Waals surface area contributed by atoms with Crippen LogP contribution in [0.2, 0.25) is 0 Å². The maximum absolute atomic E-state index is 5.95. The van der Waals surface area contributed by atoms with Crippen molar-refractivity contribution in [2.45, 2.75) is 19.4 Å². The van der Waals surface area contributed by atoms with Gasteiger partial charge in [-0.15, -0.1) is 0 Å². The number of rotatable bonds is 4. The third kappa shape index (κ3) is 3.11. The van der Waals surface area contributed by atoms with E-state index in [1.54, 1.807) is 6.20 Å². The summed E-state index contributed by atoms with van der Waals surface area (Å²) in [7, 11) is 0. The zero-order valence-electron chi connectivity index (χ0n) is 13.2. The fourth-order valence-electron chi connectivity index (χ4n) is 2.54. The van der Waals surface area contributed by atoms with E-state index < -0.39 is 0 Å². The van der Waals surface area contributed by atoms with Crippen molar-refractivity contribution in [3.05, 3.63) is 42.2 Å². The van der Waals surface area contributed by atoms with Crippen LogP contribution in [-0.4, -0.2) is 39.4 Å². The summed E-state index contributed by atoms with van der Waals surface area (Å²) < 4.78 is 16.6. The quantitative estimate of drug-likeness (QED) is 0.729. The Balaban J connectivity index is 1.62. The molecule has 0 spiro atoms. The highest BCUT2D eigenvalue weighted by Gasteiger charge is 2.19. The van der Waals surface area contributed by atoms with Crippen LogP contribution in [0.4, 0.5) is 0 Å². The van der Waals surface area contributed by atoms with E-state index in [2.05, 4.69) is 20.1 Å². The van der Waals surface area contributed by atoms with Gasteiger partial charge in [-0.1, -0.05) is 11.2 Å². The Labute approximate surface area is 138 Å². The molecule has 7 heteroatoms. The molecule has 0 bridgehead atoms. The van der Waals surface area contributed by atoms with Gasteiger partial charge in [-0.25, -0.2) is 4.98 Å². The first-order valence-electron chi connectivity index (χ1n) is 7.76. The van der Waals surface area contributed by atoms with E-state index >= 15 is 0 Å². The maximum Gasteiger partial charge on any atom is 0.276 e. The number of ether oxygens (including phenoxy) is 2. The Kier molecular flexibility index (Phi) is 3.92. The molecule has 0 amide bonds. The number of nitrogens with zero attached hydrogens (tertiary/aromatic N) is 4. The standard InChI is InChI=1S/C17H16N4O3/c1-11-8-13(23-12-5-7-22-10-12)9-15(19-11)16-20-17(24-21-16)14-4-2-3-6-18-14/h2-4,6,8-9,12H,5,7,10H2,1H3/t12-/m1/s1. The van der Waals surface area contributed by atoms with Gasteiger partial charge in [0.05, 0.1) is 13.2 Å². The number of pyridine rings is 2. The Morgan fingerprint density at radius 2 is 2.12 bits per heavy atom. The number of hydrogen-bond donors (Lipinski definition) is 0. The van der Waals surface area contributed by atoms with Crippen LogP contribution >= 0.6 is 0 Å². The van der Waals surface area contributed by atoms with Crippen LogP contribution in [-0.2, 0) is 4.74 Å². The van der Waals surface area contributed by atoms with Crippen LogP contribution in [0.1, 0.15) is 12.1 Å². The summed E-state index contributed by atoms with van der Waals surface area (Å²) in [5.74, 6) is 1.50. The average Bonchev–Trinajstić information content (AvgIpc) is 3.27. The highest BCUT2D eigenvalue weighted by molar-refractivity contribution is 5.56. The van der Waals surface area contributed by atoms with Gasteiger partial charge in [0.25, 0.3) is 5.89 Å². The van der Waals surface area contributed by atoms with Gasteiger partial charge in [0.15, 0.2) is 0 Å². The lowest BCUT2D eigenvalue weighted by atomic mass is 10.2. The molecular weight excluding hydrogens is 308 g/mol. The van der Waals surface area contributed by atoms with E-state index in [0.717, 1.165) is 24.5 Å². The van der Waals surface area contributed by atoms with Gasteiger partial charge in [0, 0.05) is 30.4 Å². The topological polar surface area (TPSA) is 83.2 Å². The fourth-order valence-corrected chi connectivity index (χ4v) is 2.54. The van der Waals surface area contributed by atoms with Gasteiger partial charge in [-0.3, -0.25) is 4.98 Å². The molecule has 0 N–H and O–H groups in total. The molecule has 122 valence electrons. The highest BCUT2D eigenvalue weighted by atomic mass is 16.5. The number of hydrogen-bond acceptors (Lipinski definition) is 7. The molecule has 0 radical (unpaired) electrons. The van der Waals surface area contributed by atoms with Crippen molar-refractivity contribution >= 4 is 0 Å². The van der Waals surface area contributed by atoms with E-state index in [-0.39, 0.29) is 6.10 Å². The summed E-state index contributed by atoms with van der Waals surface area (Å²) in [4.78, 5) is 13.1. The Morgan fingerprint density at radius 3 is 2.92 bits per heavy atom. The normalized spacial score (nSPS) is 17.1. The molecule has 7 nitrogen and oxygen atoms in total. The second kappa shape index (κ2) is 6.37. The summed E-state index contributed by atoms with van der Waals surface area (Å²) in [6.45, 7) is 3.25. The van der Waals surface area contributed by atoms with Gasteiger partial charge in [0.2, 0.25) is 5.82 Å². The predicted molar refractivity (Wildman–Crippen MR) is 85.3 cm³/mol. The molecule has 1 fully saturated rings. The van der Waals surface area contributed by atoms with E-state index in [1.807, 2.05) is 37.3 Å². The van der Waals surface area contributed by atoms with Gasteiger partial charge < -0.3 is 14.0 Å². The average molecular weight is 324 g/mol. The SMILES string of the molecule is Cc1cc(O[C@@H]2CCOC2)cc(-c2noc(-c3ccccn3)n2)n1. The van der Waals surface area contributed by atoms with Crippen molar-refractivity contribution in [2.24, 2.45) is 0 Å². The molecule has 1 saturated heterocycles. The van der Waals surface area contributed by atoms with E-state index in [9.17, 15) is 0 Å². The third-order valence-electron chi connectivity index (χ3n) is 3.66. The molecule has 3 aromatic rings. The van der Waals surface area contributed by atoms with Gasteiger partial charge in [-0.05, 0) is 19.1 Å². The molecule has 24 heavy (non-hydrogen) atoms. The molecule has 3 aromatic heterocycles. The Bertz CT molecular complexity index is 829. The zero-order chi connectivity index (χ0) is 16.4. The minimum absolute atomic E-state index is 0.0778. The second-order valence-corrected chi connectivity index (χ2v) is 5.57. The first-order valence-corrected chi connectivity index (χ1v) is 7.76. The molecule has 0 unspecified atom stereocenters. The molecule has 1 atom stereocenters. The largest absolute Gasteiger partial charge is 0.488 e. The summed E-state index contributed by atoms with van der Waals surface area (Å²) in [6, 6.07) is 9.22. The molecule has 4 heterocycles. The second-order valence-electron chi connectivity index (χ2n) is 5.57. The molecule has 0 aromatic carbocycles. The lowest BCUT2D eigenvalue weighted by Crippen LogP contribution is -2.15. The van der Waals surface area contributed by atoms with Crippen molar-refractivity contribution in [1.29, 1.82) is 0 Å². The van der Waals surface area contributed by atoms with Crippen molar-refractivity contribution in [2.75, 3.05) is 13.2 Å². The molecule has 0 aliphatic carbocycles. The van der Waals surface area contributed by atoms with Crippen molar-refractivity contribution < 1.29 is 14.0 Å². The summed E-state index contributed by atoms with van der Waals surface area (Å²) in [6.07, 6.45) is 2.65. The van der Waals surface area contributed by atoms with Crippen molar-refractivity contribution in [1.82, 2.24) is 20.1 Å². The first-order chi connectivity index (χ1) is 11.8. The Hall–Kier alpha value is -2.80. The summed E-state index contributed by atoms with van der Waals surface area (Å²) in [5.41, 5.74) is 2.06. The number of aryl methyl sites for hydroxylation is 1. The summed E-state index contributed by atoms with van der Waals surface area (Å²) in [5, 5.41) is 4.01.